The third-order valence-electron chi connectivity index (χ3n) is 0.748. The van der Waals surface area contributed by atoms with E-state index in [1.54, 1.807) is 0 Å². The number of hydrogen-bond donors (Lipinski definition) is 1. The number of rotatable bonds is 3. The van der Waals surface area contributed by atoms with E-state index in [-0.39, 0.29) is 12.4 Å². The van der Waals surface area contributed by atoms with Crippen molar-refractivity contribution in [3.63, 3.8) is 0 Å². The van der Waals surface area contributed by atoms with Gasteiger partial charge in [-0.2, -0.15) is 0 Å². The van der Waals surface area contributed by atoms with Crippen molar-refractivity contribution in [1.29, 1.82) is 0 Å². The van der Waals surface area contributed by atoms with E-state index in [0.717, 1.165) is 0 Å². The molecule has 0 aromatic carbocycles. The van der Waals surface area contributed by atoms with Gasteiger partial charge in [0.05, 0.1) is 12.4 Å². The standard InChI is InChI=1S/C3H7ClN2O2/c4-1-3(2-5)6(7)8/h3H,1-2,5H2. The first-order chi connectivity index (χ1) is 3.72. The Bertz CT molecular complexity index is 83.4. The Kier molecular flexibility index (Phi) is 3.47. The quantitative estimate of drug-likeness (QED) is 0.334. The molecule has 0 saturated carbocycles. The van der Waals surface area contributed by atoms with Crippen LogP contribution in [0.1, 0.15) is 0 Å². The van der Waals surface area contributed by atoms with Crippen molar-refractivity contribution < 1.29 is 4.92 Å². The molecular weight excluding hydrogens is 131 g/mol. The molecule has 0 aliphatic carbocycles. The van der Waals surface area contributed by atoms with Crippen molar-refractivity contribution >= 4 is 11.6 Å². The van der Waals surface area contributed by atoms with Crippen molar-refractivity contribution in [3.8, 4) is 0 Å². The maximum absolute atomic E-state index is 9.80. The van der Waals surface area contributed by atoms with Crippen LogP contribution in [0.3, 0.4) is 0 Å². The fourth-order valence-electron chi connectivity index (χ4n) is 0.205. The molecule has 0 radical (unpaired) electrons. The van der Waals surface area contributed by atoms with E-state index in [4.69, 9.17) is 17.3 Å². The van der Waals surface area contributed by atoms with Crippen LogP contribution in [0.25, 0.3) is 0 Å². The molecule has 0 spiro atoms. The zero-order valence-electron chi connectivity index (χ0n) is 4.21. The Morgan fingerprint density at radius 1 is 1.88 bits per heavy atom. The van der Waals surface area contributed by atoms with Gasteiger partial charge in [0, 0.05) is 4.92 Å². The second-order valence-electron chi connectivity index (χ2n) is 1.33. The van der Waals surface area contributed by atoms with Crippen molar-refractivity contribution in [2.75, 3.05) is 12.4 Å². The SMILES string of the molecule is NCC(CCl)[N+](=O)[O-]. The van der Waals surface area contributed by atoms with Crippen LogP contribution in [0.5, 0.6) is 0 Å². The molecule has 1 unspecified atom stereocenters. The molecule has 0 heterocycles. The summed E-state index contributed by atoms with van der Waals surface area (Å²) in [5.74, 6) is -0.0104. The predicted octanol–water partition coefficient (Wildman–Crippen LogP) is -0.171. The van der Waals surface area contributed by atoms with Crippen molar-refractivity contribution in [2.24, 2.45) is 5.73 Å². The molecule has 0 aromatic heterocycles. The number of hydrogen-bond acceptors (Lipinski definition) is 3. The number of nitrogens with zero attached hydrogens (tertiary/aromatic N) is 1. The smallest absolute Gasteiger partial charge is 0.238 e. The third-order valence-corrected chi connectivity index (χ3v) is 1.10. The second-order valence-corrected chi connectivity index (χ2v) is 1.64. The molecule has 8 heavy (non-hydrogen) atoms. The predicted molar refractivity (Wildman–Crippen MR) is 30.6 cm³/mol. The van der Waals surface area contributed by atoms with Crippen molar-refractivity contribution in [1.82, 2.24) is 0 Å². The van der Waals surface area contributed by atoms with E-state index in [0.29, 0.717) is 0 Å². The number of nitrogens with two attached hydrogens (primary N) is 1. The van der Waals surface area contributed by atoms with Gasteiger partial charge in [0.1, 0.15) is 0 Å². The molecule has 0 aliphatic rings. The van der Waals surface area contributed by atoms with Gasteiger partial charge in [0.25, 0.3) is 0 Å². The van der Waals surface area contributed by atoms with E-state index in [2.05, 4.69) is 0 Å². The summed E-state index contributed by atoms with van der Waals surface area (Å²) in [7, 11) is 0. The third kappa shape index (κ3) is 2.09. The van der Waals surface area contributed by atoms with Crippen molar-refractivity contribution in [2.45, 2.75) is 6.04 Å². The lowest BCUT2D eigenvalue weighted by atomic mass is 10.4. The Morgan fingerprint density at radius 3 is 2.38 bits per heavy atom. The normalized spacial score (nSPS) is 13.2. The highest BCUT2D eigenvalue weighted by atomic mass is 35.5. The van der Waals surface area contributed by atoms with E-state index in [9.17, 15) is 10.1 Å². The summed E-state index contributed by atoms with van der Waals surface area (Å²) < 4.78 is 0. The van der Waals surface area contributed by atoms with Gasteiger partial charge in [0.15, 0.2) is 0 Å². The molecule has 0 amide bonds. The summed E-state index contributed by atoms with van der Waals surface area (Å²) in [6, 6.07) is -0.781. The molecule has 0 saturated heterocycles. The van der Waals surface area contributed by atoms with Crippen LogP contribution in [0.4, 0.5) is 0 Å². The molecular formula is C3H7ClN2O2. The minimum atomic E-state index is -0.781. The second kappa shape index (κ2) is 3.63. The van der Waals surface area contributed by atoms with E-state index in [1.807, 2.05) is 0 Å². The zero-order valence-corrected chi connectivity index (χ0v) is 4.97. The van der Waals surface area contributed by atoms with Gasteiger partial charge in [-0.1, -0.05) is 0 Å². The molecule has 4 nitrogen and oxygen atoms in total. The number of alkyl halides is 1. The number of nitro groups is 1. The summed E-state index contributed by atoms with van der Waals surface area (Å²) in [6.07, 6.45) is 0. The van der Waals surface area contributed by atoms with E-state index in [1.165, 1.54) is 0 Å². The average Bonchev–Trinajstić information content (AvgIpc) is 1.69. The highest BCUT2D eigenvalue weighted by Crippen LogP contribution is 1.89. The molecule has 0 aliphatic heterocycles. The van der Waals surface area contributed by atoms with Crippen LogP contribution >= 0.6 is 11.6 Å². The number of halogens is 1. The summed E-state index contributed by atoms with van der Waals surface area (Å²) in [5, 5.41) is 9.80. The molecule has 0 bridgehead atoms. The van der Waals surface area contributed by atoms with Gasteiger partial charge in [-0.05, 0) is 0 Å². The molecule has 0 rings (SSSR count). The largest absolute Gasteiger partial charge is 0.324 e. The van der Waals surface area contributed by atoms with Gasteiger partial charge in [0.2, 0.25) is 6.04 Å². The van der Waals surface area contributed by atoms with E-state index < -0.39 is 11.0 Å². The maximum Gasteiger partial charge on any atom is 0.238 e. The minimum absolute atomic E-state index is 0.0104. The summed E-state index contributed by atoms with van der Waals surface area (Å²) in [4.78, 5) is 9.32. The first-order valence-electron chi connectivity index (χ1n) is 2.12. The molecule has 2 N–H and O–H groups in total. The fourth-order valence-corrected chi connectivity index (χ4v) is 0.444. The molecule has 0 aromatic rings. The van der Waals surface area contributed by atoms with Gasteiger partial charge >= 0.3 is 0 Å². The van der Waals surface area contributed by atoms with Gasteiger partial charge in [-0.3, -0.25) is 10.1 Å². The molecule has 5 heteroatoms. The lowest BCUT2D eigenvalue weighted by Crippen LogP contribution is -2.30. The van der Waals surface area contributed by atoms with Gasteiger partial charge < -0.3 is 5.73 Å². The topological polar surface area (TPSA) is 69.2 Å². The molecule has 48 valence electrons. The van der Waals surface area contributed by atoms with Crippen LogP contribution in [0.15, 0.2) is 0 Å². The minimum Gasteiger partial charge on any atom is -0.324 e. The van der Waals surface area contributed by atoms with Crippen LogP contribution in [0, 0.1) is 10.1 Å². The van der Waals surface area contributed by atoms with Crippen LogP contribution in [-0.4, -0.2) is 23.4 Å². The Morgan fingerprint density at radius 2 is 2.38 bits per heavy atom. The zero-order chi connectivity index (χ0) is 6.57. The molecule has 0 fully saturated rings. The van der Waals surface area contributed by atoms with E-state index >= 15 is 0 Å². The van der Waals surface area contributed by atoms with Crippen LogP contribution < -0.4 is 5.73 Å². The fraction of sp³-hybridized carbons (Fsp3) is 1.00. The lowest BCUT2D eigenvalue weighted by Gasteiger charge is -1.98. The first-order valence-corrected chi connectivity index (χ1v) is 2.65. The lowest BCUT2D eigenvalue weighted by molar-refractivity contribution is -0.513. The molecule has 1 atom stereocenters. The van der Waals surface area contributed by atoms with Gasteiger partial charge in [-0.15, -0.1) is 11.6 Å². The Balaban J connectivity index is 3.52. The Labute approximate surface area is 51.8 Å². The highest BCUT2D eigenvalue weighted by molar-refractivity contribution is 6.18. The monoisotopic (exact) mass is 138 g/mol. The maximum atomic E-state index is 9.80. The summed E-state index contributed by atoms with van der Waals surface area (Å²) >= 11 is 5.14. The van der Waals surface area contributed by atoms with Crippen molar-refractivity contribution in [3.05, 3.63) is 10.1 Å². The highest BCUT2D eigenvalue weighted by Gasteiger charge is 2.14. The van der Waals surface area contributed by atoms with Crippen LogP contribution in [0.2, 0.25) is 0 Å². The summed E-state index contributed by atoms with van der Waals surface area (Å²) in [6.45, 7) is 0.0104. The Hall–Kier alpha value is -0.350. The summed E-state index contributed by atoms with van der Waals surface area (Å²) in [5.41, 5.74) is 4.96. The van der Waals surface area contributed by atoms with Gasteiger partial charge in [-0.25, -0.2) is 0 Å². The average molecular weight is 139 g/mol. The first kappa shape index (κ1) is 7.65. The van der Waals surface area contributed by atoms with Crippen LogP contribution in [-0.2, 0) is 0 Å².